The number of para-hydroxylation sites is 1. The van der Waals surface area contributed by atoms with Crippen molar-refractivity contribution in [1.29, 1.82) is 0 Å². The summed E-state index contributed by atoms with van der Waals surface area (Å²) in [4.78, 5) is 11.7. The zero-order valence-corrected chi connectivity index (χ0v) is 9.29. The lowest BCUT2D eigenvalue weighted by atomic mass is 10.2. The lowest BCUT2D eigenvalue weighted by Crippen LogP contribution is -2.19. The molecule has 1 aromatic heterocycles. The third kappa shape index (κ3) is 1.77. The minimum absolute atomic E-state index is 0.0273. The van der Waals surface area contributed by atoms with Gasteiger partial charge in [-0.05, 0) is 12.5 Å². The maximum absolute atomic E-state index is 11.7. The molecule has 2 nitrogen and oxygen atoms in total. The van der Waals surface area contributed by atoms with Crippen molar-refractivity contribution >= 4 is 22.5 Å². The Morgan fingerprint density at radius 1 is 1.33 bits per heavy atom. The molecule has 0 aliphatic heterocycles. The molecule has 0 bridgehead atoms. The van der Waals surface area contributed by atoms with Gasteiger partial charge in [-0.3, -0.25) is 4.79 Å². The number of benzene rings is 1. The first-order valence-electron chi connectivity index (χ1n) is 5.02. The van der Waals surface area contributed by atoms with Gasteiger partial charge in [0.25, 0.3) is 5.56 Å². The van der Waals surface area contributed by atoms with Crippen molar-refractivity contribution in [3.63, 3.8) is 0 Å². The molecule has 0 saturated heterocycles. The highest BCUT2D eigenvalue weighted by Crippen LogP contribution is 2.20. The van der Waals surface area contributed by atoms with Crippen LogP contribution in [0.5, 0.6) is 0 Å². The van der Waals surface area contributed by atoms with Crippen LogP contribution in [0, 0.1) is 0 Å². The fourth-order valence-electron chi connectivity index (χ4n) is 1.75. The Hall–Kier alpha value is -1.28. The fourth-order valence-corrected chi connectivity index (χ4v) is 2.00. The van der Waals surface area contributed by atoms with E-state index >= 15 is 0 Å². The number of hydrogen-bond donors (Lipinski definition) is 0. The van der Waals surface area contributed by atoms with E-state index in [0.717, 1.165) is 23.9 Å². The molecule has 1 aromatic carbocycles. The van der Waals surface area contributed by atoms with Crippen LogP contribution in [0.3, 0.4) is 0 Å². The average molecular weight is 222 g/mol. The molecule has 0 unspecified atom stereocenters. The van der Waals surface area contributed by atoms with E-state index in [4.69, 9.17) is 11.6 Å². The Morgan fingerprint density at radius 2 is 2.07 bits per heavy atom. The van der Waals surface area contributed by atoms with Crippen LogP contribution < -0.4 is 5.56 Å². The molecule has 0 atom stereocenters. The molecule has 2 rings (SSSR count). The van der Waals surface area contributed by atoms with Crippen LogP contribution in [0.25, 0.3) is 10.9 Å². The number of hydrogen-bond acceptors (Lipinski definition) is 1. The van der Waals surface area contributed by atoms with Crippen molar-refractivity contribution in [3.05, 3.63) is 45.7 Å². The van der Waals surface area contributed by atoms with Gasteiger partial charge < -0.3 is 4.57 Å². The standard InChI is InChI=1S/C12H12ClNO/c1-2-7-14-11-6-4-3-5-9(11)10(13)8-12(14)15/h3-6,8H,2,7H2,1H3. The Kier molecular flexibility index (Phi) is 2.78. The molecule has 3 heteroatoms. The van der Waals surface area contributed by atoms with E-state index in [1.165, 1.54) is 6.07 Å². The highest BCUT2D eigenvalue weighted by molar-refractivity contribution is 6.35. The maximum Gasteiger partial charge on any atom is 0.252 e. The molecule has 2 aromatic rings. The molecule has 0 fully saturated rings. The molecule has 0 aliphatic carbocycles. The Balaban J connectivity index is 2.83. The molecule has 0 spiro atoms. The minimum Gasteiger partial charge on any atom is -0.308 e. The van der Waals surface area contributed by atoms with Gasteiger partial charge in [0.05, 0.1) is 10.5 Å². The average Bonchev–Trinajstić information content (AvgIpc) is 2.24. The number of aryl methyl sites for hydroxylation is 1. The monoisotopic (exact) mass is 221 g/mol. The van der Waals surface area contributed by atoms with E-state index in [1.807, 2.05) is 24.3 Å². The van der Waals surface area contributed by atoms with E-state index < -0.39 is 0 Å². The van der Waals surface area contributed by atoms with Gasteiger partial charge in [0.15, 0.2) is 0 Å². The fraction of sp³-hybridized carbons (Fsp3) is 0.250. The highest BCUT2D eigenvalue weighted by atomic mass is 35.5. The molecule has 15 heavy (non-hydrogen) atoms. The molecule has 78 valence electrons. The largest absolute Gasteiger partial charge is 0.308 e. The molecule has 0 radical (unpaired) electrons. The van der Waals surface area contributed by atoms with Crippen molar-refractivity contribution < 1.29 is 0 Å². The van der Waals surface area contributed by atoms with E-state index in [-0.39, 0.29) is 5.56 Å². The third-order valence-corrected chi connectivity index (χ3v) is 2.73. The zero-order chi connectivity index (χ0) is 10.8. The van der Waals surface area contributed by atoms with Gasteiger partial charge in [0.1, 0.15) is 0 Å². The second-order valence-corrected chi connectivity index (χ2v) is 3.91. The molecule has 0 saturated carbocycles. The third-order valence-electron chi connectivity index (χ3n) is 2.42. The number of pyridine rings is 1. The van der Waals surface area contributed by atoms with Crippen LogP contribution in [-0.2, 0) is 6.54 Å². The molecule has 0 aliphatic rings. The molecule has 0 N–H and O–H groups in total. The molecule has 1 heterocycles. The summed E-state index contributed by atoms with van der Waals surface area (Å²) in [6, 6.07) is 9.19. The number of fused-ring (bicyclic) bond motifs is 1. The van der Waals surface area contributed by atoms with Gasteiger partial charge in [0.2, 0.25) is 0 Å². The SMILES string of the molecule is CCCn1c(=O)cc(Cl)c2ccccc21. The van der Waals surface area contributed by atoms with E-state index in [1.54, 1.807) is 4.57 Å². The molecular weight excluding hydrogens is 210 g/mol. The summed E-state index contributed by atoms with van der Waals surface area (Å²) in [5, 5.41) is 1.47. The highest BCUT2D eigenvalue weighted by Gasteiger charge is 2.05. The first-order chi connectivity index (χ1) is 7.24. The van der Waals surface area contributed by atoms with Gasteiger partial charge in [-0.15, -0.1) is 0 Å². The lowest BCUT2D eigenvalue weighted by Gasteiger charge is -2.09. The van der Waals surface area contributed by atoms with E-state index in [9.17, 15) is 4.79 Å². The van der Waals surface area contributed by atoms with Gasteiger partial charge in [-0.1, -0.05) is 36.7 Å². The molecular formula is C12H12ClNO. The summed E-state index contributed by atoms with van der Waals surface area (Å²) in [6.45, 7) is 2.78. The van der Waals surface area contributed by atoms with Crippen molar-refractivity contribution in [3.8, 4) is 0 Å². The Bertz CT molecular complexity index is 545. The topological polar surface area (TPSA) is 22.0 Å². The zero-order valence-electron chi connectivity index (χ0n) is 8.53. The van der Waals surface area contributed by atoms with Crippen LogP contribution in [0.15, 0.2) is 35.1 Å². The van der Waals surface area contributed by atoms with Crippen LogP contribution in [-0.4, -0.2) is 4.57 Å². The Morgan fingerprint density at radius 3 is 2.80 bits per heavy atom. The summed E-state index contributed by atoms with van der Waals surface area (Å²) in [7, 11) is 0. The second-order valence-electron chi connectivity index (χ2n) is 3.50. The van der Waals surface area contributed by atoms with Gasteiger partial charge >= 0.3 is 0 Å². The summed E-state index contributed by atoms with van der Waals surface area (Å²) >= 11 is 6.02. The first kappa shape index (κ1) is 10.2. The normalized spacial score (nSPS) is 10.8. The van der Waals surface area contributed by atoms with Crippen molar-refractivity contribution in [1.82, 2.24) is 4.57 Å². The minimum atomic E-state index is -0.0273. The quantitative estimate of drug-likeness (QED) is 0.764. The molecule has 0 amide bonds. The number of rotatable bonds is 2. The van der Waals surface area contributed by atoms with E-state index in [2.05, 4.69) is 6.92 Å². The first-order valence-corrected chi connectivity index (χ1v) is 5.40. The smallest absolute Gasteiger partial charge is 0.252 e. The Labute approximate surface area is 93.1 Å². The summed E-state index contributed by atoms with van der Waals surface area (Å²) in [5.74, 6) is 0. The van der Waals surface area contributed by atoms with E-state index in [0.29, 0.717) is 5.02 Å². The number of halogens is 1. The van der Waals surface area contributed by atoms with Crippen molar-refractivity contribution in [2.45, 2.75) is 19.9 Å². The van der Waals surface area contributed by atoms with Crippen molar-refractivity contribution in [2.24, 2.45) is 0 Å². The van der Waals surface area contributed by atoms with Crippen LogP contribution in [0.2, 0.25) is 5.02 Å². The number of aromatic nitrogens is 1. The van der Waals surface area contributed by atoms with Gasteiger partial charge in [-0.25, -0.2) is 0 Å². The van der Waals surface area contributed by atoms with Crippen LogP contribution in [0.4, 0.5) is 0 Å². The summed E-state index contributed by atoms with van der Waals surface area (Å²) < 4.78 is 1.77. The predicted molar refractivity (Wildman–Crippen MR) is 63.5 cm³/mol. The second kappa shape index (κ2) is 4.07. The van der Waals surface area contributed by atoms with Gasteiger partial charge in [0, 0.05) is 18.0 Å². The number of nitrogens with zero attached hydrogens (tertiary/aromatic N) is 1. The summed E-state index contributed by atoms with van der Waals surface area (Å²) in [5.41, 5.74) is 0.886. The summed E-state index contributed by atoms with van der Waals surface area (Å²) in [6.07, 6.45) is 0.936. The van der Waals surface area contributed by atoms with Crippen LogP contribution >= 0.6 is 11.6 Å². The van der Waals surface area contributed by atoms with Gasteiger partial charge in [-0.2, -0.15) is 0 Å². The lowest BCUT2D eigenvalue weighted by molar-refractivity contribution is 0.678. The van der Waals surface area contributed by atoms with Crippen LogP contribution in [0.1, 0.15) is 13.3 Å². The van der Waals surface area contributed by atoms with Crippen molar-refractivity contribution in [2.75, 3.05) is 0 Å². The maximum atomic E-state index is 11.7. The predicted octanol–water partition coefficient (Wildman–Crippen LogP) is 3.06.